The zero-order valence-electron chi connectivity index (χ0n) is 14.2. The van der Waals surface area contributed by atoms with Gasteiger partial charge in [-0.2, -0.15) is 4.31 Å². The fourth-order valence-electron chi connectivity index (χ4n) is 2.71. The molecule has 0 spiro atoms. The van der Waals surface area contributed by atoms with Gasteiger partial charge in [-0.3, -0.25) is 4.79 Å². The maximum Gasteiger partial charge on any atom is 0.256 e. The number of hydrogen-bond acceptors (Lipinski definition) is 4. The molecule has 8 heteroatoms. The molecular formula is C18H19FN2O4S. The minimum absolute atomic E-state index is 0.0909. The Bertz CT molecular complexity index is 925. The number of carbonyl (C=O) groups excluding carboxylic acids is 1. The van der Waals surface area contributed by atoms with Crippen LogP contribution in [0.5, 0.6) is 0 Å². The Labute approximate surface area is 151 Å². The van der Waals surface area contributed by atoms with Crippen LogP contribution < -0.4 is 5.32 Å². The summed E-state index contributed by atoms with van der Waals surface area (Å²) in [5, 5.41) is 2.63. The summed E-state index contributed by atoms with van der Waals surface area (Å²) < 4.78 is 45.3. The van der Waals surface area contributed by atoms with Crippen molar-refractivity contribution in [2.45, 2.75) is 11.8 Å². The number of benzene rings is 2. The Kier molecular flexibility index (Phi) is 5.36. The second-order valence-corrected chi connectivity index (χ2v) is 7.90. The molecule has 1 heterocycles. The molecule has 1 aliphatic rings. The smallest absolute Gasteiger partial charge is 0.256 e. The van der Waals surface area contributed by atoms with Crippen molar-refractivity contribution >= 4 is 21.6 Å². The number of halogens is 1. The highest BCUT2D eigenvalue weighted by molar-refractivity contribution is 7.89. The summed E-state index contributed by atoms with van der Waals surface area (Å²) >= 11 is 0. The monoisotopic (exact) mass is 378 g/mol. The highest BCUT2D eigenvalue weighted by Crippen LogP contribution is 2.21. The summed E-state index contributed by atoms with van der Waals surface area (Å²) in [5.74, 6) is -1.01. The van der Waals surface area contributed by atoms with Crippen LogP contribution in [0.15, 0.2) is 47.4 Å². The second-order valence-electron chi connectivity index (χ2n) is 5.96. The lowest BCUT2D eigenvalue weighted by atomic mass is 10.1. The lowest BCUT2D eigenvalue weighted by Gasteiger charge is -2.26. The van der Waals surface area contributed by atoms with Crippen LogP contribution in [-0.4, -0.2) is 44.9 Å². The second kappa shape index (κ2) is 7.53. The van der Waals surface area contributed by atoms with Gasteiger partial charge in [0.25, 0.3) is 5.91 Å². The van der Waals surface area contributed by atoms with Crippen LogP contribution in [0.1, 0.15) is 15.9 Å². The molecule has 1 fully saturated rings. The van der Waals surface area contributed by atoms with Gasteiger partial charge in [0.05, 0.1) is 18.1 Å². The highest BCUT2D eigenvalue weighted by atomic mass is 32.2. The summed E-state index contributed by atoms with van der Waals surface area (Å²) in [6, 6.07) is 9.97. The van der Waals surface area contributed by atoms with Gasteiger partial charge >= 0.3 is 0 Å². The van der Waals surface area contributed by atoms with Crippen LogP contribution in [0.25, 0.3) is 0 Å². The Hall–Kier alpha value is -2.29. The maximum absolute atomic E-state index is 13.4. The number of rotatable bonds is 4. The molecule has 1 aliphatic heterocycles. The number of aryl methyl sites for hydroxylation is 1. The quantitative estimate of drug-likeness (QED) is 0.887. The summed E-state index contributed by atoms with van der Waals surface area (Å²) in [6.07, 6.45) is 0. The molecule has 0 unspecified atom stereocenters. The van der Waals surface area contributed by atoms with Gasteiger partial charge < -0.3 is 10.1 Å². The summed E-state index contributed by atoms with van der Waals surface area (Å²) in [5.41, 5.74) is 1.15. The van der Waals surface area contributed by atoms with E-state index in [1.807, 2.05) is 0 Å². The fourth-order valence-corrected chi connectivity index (χ4v) is 4.16. The number of sulfonamides is 1. The van der Waals surface area contributed by atoms with Crippen molar-refractivity contribution < 1.29 is 22.3 Å². The molecule has 138 valence electrons. The number of ether oxygens (including phenoxy) is 1. The molecule has 1 amide bonds. The van der Waals surface area contributed by atoms with E-state index in [-0.39, 0.29) is 10.5 Å². The van der Waals surface area contributed by atoms with E-state index in [1.54, 1.807) is 19.1 Å². The van der Waals surface area contributed by atoms with Gasteiger partial charge in [-0.05, 0) is 42.8 Å². The summed E-state index contributed by atoms with van der Waals surface area (Å²) in [7, 11) is -3.66. The number of amides is 1. The number of carbonyl (C=O) groups is 1. The molecule has 0 aromatic heterocycles. The molecule has 2 aromatic rings. The number of morpholine rings is 1. The predicted molar refractivity (Wildman–Crippen MR) is 95.1 cm³/mol. The van der Waals surface area contributed by atoms with E-state index in [2.05, 4.69) is 5.32 Å². The first-order valence-electron chi connectivity index (χ1n) is 8.13. The van der Waals surface area contributed by atoms with Crippen LogP contribution >= 0.6 is 0 Å². The Morgan fingerprint density at radius 2 is 1.88 bits per heavy atom. The number of hydrogen-bond donors (Lipinski definition) is 1. The van der Waals surface area contributed by atoms with Gasteiger partial charge in [0, 0.05) is 24.3 Å². The molecule has 0 aliphatic carbocycles. The van der Waals surface area contributed by atoms with E-state index in [4.69, 9.17) is 4.74 Å². The SMILES string of the molecule is Cc1ccc(F)cc1C(=O)Nc1cccc(S(=O)(=O)N2CCOCC2)c1. The van der Waals surface area contributed by atoms with E-state index in [0.29, 0.717) is 37.6 Å². The van der Waals surface area contributed by atoms with Crippen molar-refractivity contribution in [1.82, 2.24) is 4.31 Å². The Balaban J connectivity index is 1.83. The minimum Gasteiger partial charge on any atom is -0.379 e. The first-order chi connectivity index (χ1) is 12.4. The normalized spacial score (nSPS) is 15.6. The molecule has 2 aromatic carbocycles. The standard InChI is InChI=1S/C18H19FN2O4S/c1-13-5-6-14(19)11-17(13)18(22)20-15-3-2-4-16(12-15)26(23,24)21-7-9-25-10-8-21/h2-6,11-12H,7-10H2,1H3,(H,20,22). The van der Waals surface area contributed by atoms with Crippen molar-refractivity contribution in [3.05, 3.63) is 59.4 Å². The number of nitrogens with one attached hydrogen (secondary N) is 1. The van der Waals surface area contributed by atoms with Gasteiger partial charge in [0.15, 0.2) is 0 Å². The van der Waals surface area contributed by atoms with Crippen molar-refractivity contribution in [2.24, 2.45) is 0 Å². The lowest BCUT2D eigenvalue weighted by Crippen LogP contribution is -2.40. The van der Waals surface area contributed by atoms with E-state index in [9.17, 15) is 17.6 Å². The summed E-state index contributed by atoms with van der Waals surface area (Å²) in [4.78, 5) is 12.5. The molecule has 0 bridgehead atoms. The third kappa shape index (κ3) is 3.92. The third-order valence-electron chi connectivity index (χ3n) is 4.14. The average Bonchev–Trinajstić information content (AvgIpc) is 2.64. The van der Waals surface area contributed by atoms with Crippen molar-refractivity contribution in [3.8, 4) is 0 Å². The van der Waals surface area contributed by atoms with Crippen LogP contribution in [0.3, 0.4) is 0 Å². The van der Waals surface area contributed by atoms with Gasteiger partial charge in [-0.1, -0.05) is 12.1 Å². The largest absolute Gasteiger partial charge is 0.379 e. The van der Waals surface area contributed by atoms with E-state index < -0.39 is 21.7 Å². The van der Waals surface area contributed by atoms with Crippen LogP contribution in [-0.2, 0) is 14.8 Å². The van der Waals surface area contributed by atoms with E-state index >= 15 is 0 Å². The molecular weight excluding hydrogens is 359 g/mol. The van der Waals surface area contributed by atoms with Gasteiger partial charge in [-0.25, -0.2) is 12.8 Å². The highest BCUT2D eigenvalue weighted by Gasteiger charge is 2.26. The van der Waals surface area contributed by atoms with E-state index in [0.717, 1.165) is 6.07 Å². The third-order valence-corrected chi connectivity index (χ3v) is 6.04. The number of anilines is 1. The number of nitrogens with zero attached hydrogens (tertiary/aromatic N) is 1. The lowest BCUT2D eigenvalue weighted by molar-refractivity contribution is 0.0730. The zero-order valence-corrected chi connectivity index (χ0v) is 15.1. The van der Waals surface area contributed by atoms with Crippen molar-refractivity contribution in [2.75, 3.05) is 31.6 Å². The molecule has 0 saturated carbocycles. The van der Waals surface area contributed by atoms with Crippen LogP contribution in [0.4, 0.5) is 10.1 Å². The average molecular weight is 378 g/mol. The van der Waals surface area contributed by atoms with Gasteiger partial charge in [0.1, 0.15) is 5.82 Å². The maximum atomic E-state index is 13.4. The molecule has 1 N–H and O–H groups in total. The molecule has 1 saturated heterocycles. The summed E-state index contributed by atoms with van der Waals surface area (Å²) in [6.45, 7) is 3.00. The Morgan fingerprint density at radius 1 is 1.15 bits per heavy atom. The first-order valence-corrected chi connectivity index (χ1v) is 9.57. The molecule has 26 heavy (non-hydrogen) atoms. The van der Waals surface area contributed by atoms with Gasteiger partial charge in [0.2, 0.25) is 10.0 Å². The van der Waals surface area contributed by atoms with Crippen LogP contribution in [0.2, 0.25) is 0 Å². The molecule has 3 rings (SSSR count). The first kappa shape index (κ1) is 18.5. The van der Waals surface area contributed by atoms with Crippen molar-refractivity contribution in [3.63, 3.8) is 0 Å². The molecule has 0 radical (unpaired) electrons. The van der Waals surface area contributed by atoms with Crippen LogP contribution in [0, 0.1) is 12.7 Å². The fraction of sp³-hybridized carbons (Fsp3) is 0.278. The van der Waals surface area contributed by atoms with Gasteiger partial charge in [-0.15, -0.1) is 0 Å². The van der Waals surface area contributed by atoms with E-state index in [1.165, 1.54) is 28.6 Å². The molecule has 6 nitrogen and oxygen atoms in total. The topological polar surface area (TPSA) is 75.7 Å². The Morgan fingerprint density at radius 3 is 2.62 bits per heavy atom. The predicted octanol–water partition coefficient (Wildman–Crippen LogP) is 2.41. The minimum atomic E-state index is -3.66. The molecule has 0 atom stereocenters. The van der Waals surface area contributed by atoms with Crippen molar-refractivity contribution in [1.29, 1.82) is 0 Å². The zero-order chi connectivity index (χ0) is 18.7.